The SMILES string of the molecule is CC.CC.CCc1nc(CC)nc(Cc2ccc3ccc4c(c3c2)Cc2ccccc2-4)n1.CCc1nc(CC)nc(Cc2cccc3ccc4c(c23)Cc2ccccc2-4)n1. The lowest BCUT2D eigenvalue weighted by Crippen LogP contribution is -2.07. The van der Waals surface area contributed by atoms with Crippen LogP contribution >= 0.6 is 0 Å². The molecule has 2 heterocycles. The fourth-order valence-corrected chi connectivity index (χ4v) is 8.54. The minimum Gasteiger partial charge on any atom is -0.218 e. The first-order chi connectivity index (χ1) is 29.5. The molecule has 2 aliphatic carbocycles. The Hall–Kier alpha value is -6.14. The third kappa shape index (κ3) is 8.60. The average molecular weight is 791 g/mol. The van der Waals surface area contributed by atoms with Crippen molar-refractivity contribution >= 4 is 21.5 Å². The zero-order valence-corrected chi connectivity index (χ0v) is 36.7. The molecule has 2 aliphatic rings. The lowest BCUT2D eigenvalue weighted by Gasteiger charge is -2.12. The Morgan fingerprint density at radius 3 is 1.43 bits per heavy atom. The maximum absolute atomic E-state index is 4.71. The number of hydrogen-bond acceptors (Lipinski definition) is 6. The fraction of sp³-hybridized carbons (Fsp3) is 0.296. The van der Waals surface area contributed by atoms with Gasteiger partial charge in [-0.15, -0.1) is 0 Å². The third-order valence-corrected chi connectivity index (χ3v) is 11.3. The van der Waals surface area contributed by atoms with Gasteiger partial charge in [-0.05, 0) is 90.0 Å². The molecule has 8 aromatic rings. The second-order valence-electron chi connectivity index (χ2n) is 14.9. The van der Waals surface area contributed by atoms with Crippen LogP contribution in [-0.2, 0) is 51.4 Å². The molecule has 0 spiro atoms. The Morgan fingerprint density at radius 1 is 0.400 bits per heavy atom. The number of aromatic nitrogens is 6. The summed E-state index contributed by atoms with van der Waals surface area (Å²) < 4.78 is 0. The minimum absolute atomic E-state index is 0.743. The Kier molecular flexibility index (Phi) is 13.5. The highest BCUT2D eigenvalue weighted by Gasteiger charge is 2.23. The summed E-state index contributed by atoms with van der Waals surface area (Å²) in [5.41, 5.74) is 13.8. The van der Waals surface area contributed by atoms with Crippen LogP contribution < -0.4 is 0 Å². The molecule has 0 radical (unpaired) electrons. The van der Waals surface area contributed by atoms with E-state index in [0.717, 1.165) is 86.3 Å². The van der Waals surface area contributed by atoms with Gasteiger partial charge in [0.1, 0.15) is 34.9 Å². The largest absolute Gasteiger partial charge is 0.218 e. The van der Waals surface area contributed by atoms with Gasteiger partial charge in [0.25, 0.3) is 0 Å². The van der Waals surface area contributed by atoms with Gasteiger partial charge in [-0.1, -0.05) is 165 Å². The summed E-state index contributed by atoms with van der Waals surface area (Å²) in [6.07, 6.45) is 6.85. The van der Waals surface area contributed by atoms with E-state index >= 15 is 0 Å². The lowest BCUT2D eigenvalue weighted by molar-refractivity contribution is 0.779. The van der Waals surface area contributed by atoms with E-state index in [2.05, 4.69) is 157 Å². The van der Waals surface area contributed by atoms with Gasteiger partial charge in [0.05, 0.1) is 0 Å². The van der Waals surface area contributed by atoms with Crippen LogP contribution in [0.2, 0.25) is 0 Å². The molecule has 0 amide bonds. The maximum atomic E-state index is 4.71. The summed E-state index contributed by atoms with van der Waals surface area (Å²) in [7, 11) is 0. The lowest BCUT2D eigenvalue weighted by atomic mass is 9.94. The average Bonchev–Trinajstić information content (AvgIpc) is 3.89. The first-order valence-electron chi connectivity index (χ1n) is 22.2. The highest BCUT2D eigenvalue weighted by Crippen LogP contribution is 2.42. The van der Waals surface area contributed by atoms with Gasteiger partial charge in [0.15, 0.2) is 0 Å². The smallest absolute Gasteiger partial charge is 0.137 e. The van der Waals surface area contributed by atoms with E-state index in [1.165, 1.54) is 77.2 Å². The molecular weight excluding hydrogens is 733 g/mol. The number of aryl methyl sites for hydroxylation is 4. The van der Waals surface area contributed by atoms with Crippen molar-refractivity contribution in [2.75, 3.05) is 0 Å². The van der Waals surface area contributed by atoms with Gasteiger partial charge in [-0.3, -0.25) is 0 Å². The molecule has 10 rings (SSSR count). The van der Waals surface area contributed by atoms with Gasteiger partial charge >= 0.3 is 0 Å². The molecule has 6 aromatic carbocycles. The molecule has 0 atom stereocenters. The van der Waals surface area contributed by atoms with Crippen LogP contribution in [0.25, 0.3) is 43.8 Å². The fourth-order valence-electron chi connectivity index (χ4n) is 8.54. The summed E-state index contributed by atoms with van der Waals surface area (Å²) in [6.45, 7) is 16.4. The van der Waals surface area contributed by atoms with E-state index in [1.807, 2.05) is 27.7 Å². The second kappa shape index (κ2) is 19.3. The maximum Gasteiger partial charge on any atom is 0.137 e. The van der Waals surface area contributed by atoms with Crippen molar-refractivity contribution in [2.45, 2.75) is 107 Å². The monoisotopic (exact) mass is 790 g/mol. The number of hydrogen-bond donors (Lipinski definition) is 0. The molecule has 6 nitrogen and oxygen atoms in total. The van der Waals surface area contributed by atoms with Crippen LogP contribution in [0.5, 0.6) is 0 Å². The molecule has 0 aliphatic heterocycles. The van der Waals surface area contributed by atoms with Crippen molar-refractivity contribution in [1.82, 2.24) is 29.9 Å². The van der Waals surface area contributed by atoms with Gasteiger partial charge in [-0.2, -0.15) is 0 Å². The van der Waals surface area contributed by atoms with Crippen LogP contribution in [0.1, 0.15) is 124 Å². The zero-order valence-electron chi connectivity index (χ0n) is 36.7. The molecule has 304 valence electrons. The molecule has 0 unspecified atom stereocenters. The Morgan fingerprint density at radius 2 is 0.867 bits per heavy atom. The predicted molar refractivity (Wildman–Crippen MR) is 250 cm³/mol. The molecule has 2 aromatic heterocycles. The Labute approximate surface area is 356 Å². The quantitative estimate of drug-likeness (QED) is 0.153. The number of rotatable bonds is 8. The molecule has 0 N–H and O–H groups in total. The molecule has 0 fully saturated rings. The first-order valence-corrected chi connectivity index (χ1v) is 22.2. The second-order valence-corrected chi connectivity index (χ2v) is 14.9. The van der Waals surface area contributed by atoms with Crippen molar-refractivity contribution < 1.29 is 0 Å². The summed E-state index contributed by atoms with van der Waals surface area (Å²) in [5, 5.41) is 5.32. The summed E-state index contributed by atoms with van der Waals surface area (Å²) in [5.74, 6) is 5.31. The van der Waals surface area contributed by atoms with Crippen LogP contribution in [0.15, 0.2) is 109 Å². The number of fused-ring (bicyclic) bond motifs is 10. The summed E-state index contributed by atoms with van der Waals surface area (Å²) >= 11 is 0. The van der Waals surface area contributed by atoms with Crippen molar-refractivity contribution in [1.29, 1.82) is 0 Å². The van der Waals surface area contributed by atoms with E-state index in [-0.39, 0.29) is 0 Å². The van der Waals surface area contributed by atoms with E-state index in [9.17, 15) is 0 Å². The van der Waals surface area contributed by atoms with Gasteiger partial charge in [-0.25, -0.2) is 29.9 Å². The predicted octanol–water partition coefficient (Wildman–Crippen LogP) is 12.7. The van der Waals surface area contributed by atoms with Crippen LogP contribution in [0, 0.1) is 0 Å². The van der Waals surface area contributed by atoms with Crippen molar-refractivity contribution in [3.8, 4) is 22.3 Å². The van der Waals surface area contributed by atoms with E-state index in [4.69, 9.17) is 9.97 Å². The molecule has 0 bridgehead atoms. The van der Waals surface area contributed by atoms with E-state index in [0.29, 0.717) is 0 Å². The molecule has 60 heavy (non-hydrogen) atoms. The van der Waals surface area contributed by atoms with Gasteiger partial charge in [0, 0.05) is 38.5 Å². The standard InChI is InChI=1S/2C25H23N3.2C2H6/c1-3-22-26-23(4-2)28-24(27-22)15-18-10-7-9-16-12-13-20-19-11-6-5-8-17(19)14-21(20)25(16)18;1-3-23-26-24(4-2)28-25(27-23)14-16-9-10-17-11-12-20-19-8-6-5-7-18(19)15-22(20)21(17)13-16;2*1-2/h2*5-13H,3-4,14-15H2,1-2H3;2*1-2H3. The van der Waals surface area contributed by atoms with Crippen molar-refractivity contribution in [3.05, 3.63) is 178 Å². The van der Waals surface area contributed by atoms with Gasteiger partial charge < -0.3 is 0 Å². The topological polar surface area (TPSA) is 77.3 Å². The van der Waals surface area contributed by atoms with Crippen LogP contribution in [0.4, 0.5) is 0 Å². The number of benzene rings is 6. The highest BCUT2D eigenvalue weighted by molar-refractivity contribution is 5.98. The van der Waals surface area contributed by atoms with Gasteiger partial charge in [0.2, 0.25) is 0 Å². The first kappa shape index (κ1) is 42.0. The molecule has 6 heteroatoms. The van der Waals surface area contributed by atoms with E-state index in [1.54, 1.807) is 0 Å². The Balaban J connectivity index is 0.000000168. The van der Waals surface area contributed by atoms with Crippen molar-refractivity contribution in [2.24, 2.45) is 0 Å². The number of nitrogens with zero attached hydrogens (tertiary/aromatic N) is 6. The highest BCUT2D eigenvalue weighted by atomic mass is 15.0. The Bertz CT molecular complexity index is 2720. The van der Waals surface area contributed by atoms with Crippen LogP contribution in [-0.4, -0.2) is 29.9 Å². The summed E-state index contributed by atoms with van der Waals surface area (Å²) in [6, 6.07) is 39.9. The van der Waals surface area contributed by atoms with E-state index < -0.39 is 0 Å². The minimum atomic E-state index is 0.743. The third-order valence-electron chi connectivity index (χ3n) is 11.3. The summed E-state index contributed by atoms with van der Waals surface area (Å²) in [4.78, 5) is 27.8. The molecule has 0 saturated carbocycles. The van der Waals surface area contributed by atoms with Crippen molar-refractivity contribution in [3.63, 3.8) is 0 Å². The zero-order chi connectivity index (χ0) is 42.2. The normalized spacial score (nSPS) is 11.6. The molecular formula is C54H58N6. The molecule has 0 saturated heterocycles. The van der Waals surface area contributed by atoms with Crippen LogP contribution in [0.3, 0.4) is 0 Å².